The molecule has 0 unspecified atom stereocenters. The van der Waals surface area contributed by atoms with Crippen LogP contribution in [0.25, 0.3) is 21.6 Å². The summed E-state index contributed by atoms with van der Waals surface area (Å²) < 4.78 is 0. The topological polar surface area (TPSA) is 78.5 Å². The second-order valence-corrected chi connectivity index (χ2v) is 5.83. The zero-order valence-corrected chi connectivity index (χ0v) is 12.4. The molecule has 106 valence electrons. The highest BCUT2D eigenvalue weighted by Crippen LogP contribution is 2.33. The van der Waals surface area contributed by atoms with E-state index in [0.29, 0.717) is 12.1 Å². The van der Waals surface area contributed by atoms with E-state index in [1.165, 1.54) is 5.56 Å². The Labute approximate surface area is 127 Å². The molecule has 0 radical (unpaired) electrons. The van der Waals surface area contributed by atoms with Crippen molar-refractivity contribution in [3.8, 4) is 16.8 Å². The summed E-state index contributed by atoms with van der Waals surface area (Å²) in [6.07, 6.45) is 4.80. The highest BCUT2D eigenvalue weighted by Gasteiger charge is 2.15. The SMILES string of the molecule is N#Cc1ccc2[nH]c(-c3nccs3)c(CCCCN)c2c1. The van der Waals surface area contributed by atoms with E-state index in [9.17, 15) is 0 Å². The Morgan fingerprint density at radius 2 is 2.24 bits per heavy atom. The average Bonchev–Trinajstić information content (AvgIpc) is 3.14. The third kappa shape index (κ3) is 2.68. The molecule has 0 aliphatic rings. The number of H-pyrrole nitrogens is 1. The highest BCUT2D eigenvalue weighted by molar-refractivity contribution is 7.13. The molecule has 3 rings (SSSR count). The van der Waals surface area contributed by atoms with Gasteiger partial charge in [-0.05, 0) is 49.6 Å². The number of nitrogens with zero attached hydrogens (tertiary/aromatic N) is 2. The Hall–Kier alpha value is -2.16. The maximum atomic E-state index is 9.11. The van der Waals surface area contributed by atoms with E-state index in [1.54, 1.807) is 11.3 Å². The lowest BCUT2D eigenvalue weighted by Crippen LogP contribution is -1.99. The molecule has 0 saturated carbocycles. The van der Waals surface area contributed by atoms with Crippen LogP contribution in [0.4, 0.5) is 0 Å². The number of unbranched alkanes of at least 4 members (excludes halogenated alkanes) is 1. The fraction of sp³-hybridized carbons (Fsp3) is 0.250. The summed E-state index contributed by atoms with van der Waals surface area (Å²) in [5.41, 5.74) is 9.66. The molecule has 5 heteroatoms. The Kier molecular flexibility index (Phi) is 4.00. The molecule has 1 aromatic carbocycles. The van der Waals surface area contributed by atoms with Crippen molar-refractivity contribution in [1.29, 1.82) is 5.26 Å². The fourth-order valence-electron chi connectivity index (χ4n) is 2.55. The molecule has 0 aliphatic carbocycles. The number of aromatic amines is 1. The second-order valence-electron chi connectivity index (χ2n) is 4.93. The number of hydrogen-bond donors (Lipinski definition) is 2. The van der Waals surface area contributed by atoms with Gasteiger partial charge in [-0.3, -0.25) is 0 Å². The van der Waals surface area contributed by atoms with Crippen LogP contribution in [-0.2, 0) is 6.42 Å². The van der Waals surface area contributed by atoms with Crippen molar-refractivity contribution < 1.29 is 0 Å². The van der Waals surface area contributed by atoms with Gasteiger partial charge in [0.25, 0.3) is 0 Å². The summed E-state index contributed by atoms with van der Waals surface area (Å²) in [7, 11) is 0. The minimum absolute atomic E-state index is 0.687. The monoisotopic (exact) mass is 296 g/mol. The molecule has 2 aromatic heterocycles. The van der Waals surface area contributed by atoms with Crippen LogP contribution in [0.3, 0.4) is 0 Å². The van der Waals surface area contributed by atoms with Crippen molar-refractivity contribution in [3.05, 3.63) is 40.9 Å². The summed E-state index contributed by atoms with van der Waals surface area (Å²) in [6, 6.07) is 7.98. The predicted octanol–water partition coefficient (Wildman–Crippen LogP) is 3.44. The van der Waals surface area contributed by atoms with E-state index in [0.717, 1.165) is 40.9 Å². The van der Waals surface area contributed by atoms with Crippen LogP contribution < -0.4 is 5.73 Å². The van der Waals surface area contributed by atoms with Crippen LogP contribution >= 0.6 is 11.3 Å². The van der Waals surface area contributed by atoms with Gasteiger partial charge in [-0.15, -0.1) is 11.3 Å². The summed E-state index contributed by atoms with van der Waals surface area (Å²) in [5.74, 6) is 0. The first kappa shape index (κ1) is 13.8. The van der Waals surface area contributed by atoms with Gasteiger partial charge in [0.2, 0.25) is 0 Å². The summed E-state index contributed by atoms with van der Waals surface area (Å²) >= 11 is 1.62. The van der Waals surface area contributed by atoms with Gasteiger partial charge < -0.3 is 10.7 Å². The first-order valence-electron chi connectivity index (χ1n) is 6.98. The van der Waals surface area contributed by atoms with Crippen molar-refractivity contribution in [2.45, 2.75) is 19.3 Å². The first-order valence-corrected chi connectivity index (χ1v) is 7.86. The zero-order valence-electron chi connectivity index (χ0n) is 11.6. The number of aromatic nitrogens is 2. The molecule has 0 bridgehead atoms. The number of rotatable bonds is 5. The van der Waals surface area contributed by atoms with Gasteiger partial charge in [0, 0.05) is 22.5 Å². The lowest BCUT2D eigenvalue weighted by atomic mass is 10.0. The van der Waals surface area contributed by atoms with E-state index in [4.69, 9.17) is 11.0 Å². The molecular formula is C16H16N4S. The van der Waals surface area contributed by atoms with Crippen molar-refractivity contribution >= 4 is 22.2 Å². The van der Waals surface area contributed by atoms with Gasteiger partial charge in [0.15, 0.2) is 0 Å². The molecule has 3 N–H and O–H groups in total. The molecule has 0 saturated heterocycles. The lowest BCUT2D eigenvalue weighted by Gasteiger charge is -2.02. The first-order chi connectivity index (χ1) is 10.3. The predicted molar refractivity (Wildman–Crippen MR) is 86.1 cm³/mol. The Morgan fingerprint density at radius 1 is 1.33 bits per heavy atom. The molecule has 0 spiro atoms. The Morgan fingerprint density at radius 3 is 2.95 bits per heavy atom. The molecule has 4 nitrogen and oxygen atoms in total. The molecule has 0 fully saturated rings. The normalized spacial score (nSPS) is 10.9. The highest BCUT2D eigenvalue weighted by atomic mass is 32.1. The van der Waals surface area contributed by atoms with Crippen LogP contribution in [0.1, 0.15) is 24.0 Å². The number of thiazole rings is 1. The third-order valence-electron chi connectivity index (χ3n) is 3.56. The molecular weight excluding hydrogens is 280 g/mol. The second kappa shape index (κ2) is 6.08. The van der Waals surface area contributed by atoms with Crippen LogP contribution in [-0.4, -0.2) is 16.5 Å². The zero-order chi connectivity index (χ0) is 14.7. The minimum Gasteiger partial charge on any atom is -0.352 e. The van der Waals surface area contributed by atoms with E-state index in [2.05, 4.69) is 16.0 Å². The van der Waals surface area contributed by atoms with Crippen molar-refractivity contribution in [3.63, 3.8) is 0 Å². The quantitative estimate of drug-likeness (QED) is 0.708. The van der Waals surface area contributed by atoms with Gasteiger partial charge in [-0.1, -0.05) is 0 Å². The number of nitrogens with two attached hydrogens (primary N) is 1. The average molecular weight is 296 g/mol. The van der Waals surface area contributed by atoms with E-state index in [-0.39, 0.29) is 0 Å². The number of fused-ring (bicyclic) bond motifs is 1. The van der Waals surface area contributed by atoms with E-state index < -0.39 is 0 Å². The number of aryl methyl sites for hydroxylation is 1. The smallest absolute Gasteiger partial charge is 0.139 e. The van der Waals surface area contributed by atoms with Crippen LogP contribution in [0.15, 0.2) is 29.8 Å². The molecule has 21 heavy (non-hydrogen) atoms. The summed E-state index contributed by atoms with van der Waals surface area (Å²) in [4.78, 5) is 7.86. The molecule has 3 aromatic rings. The standard InChI is InChI=1S/C16H16N4S/c17-6-2-1-3-12-13-9-11(10-18)4-5-14(13)20-15(12)16-19-7-8-21-16/h4-5,7-9,20H,1-3,6,17H2. The fourth-order valence-corrected chi connectivity index (χ4v) is 3.22. The van der Waals surface area contributed by atoms with Gasteiger partial charge in [0.05, 0.1) is 17.3 Å². The van der Waals surface area contributed by atoms with E-state index >= 15 is 0 Å². The number of hydrogen-bond acceptors (Lipinski definition) is 4. The van der Waals surface area contributed by atoms with Crippen molar-refractivity contribution in [2.75, 3.05) is 6.54 Å². The Bertz CT molecular complexity index is 781. The van der Waals surface area contributed by atoms with Gasteiger partial charge in [-0.2, -0.15) is 5.26 Å². The van der Waals surface area contributed by atoms with Gasteiger partial charge in [0.1, 0.15) is 5.01 Å². The molecule has 0 amide bonds. The third-order valence-corrected chi connectivity index (χ3v) is 4.35. The maximum Gasteiger partial charge on any atom is 0.139 e. The largest absolute Gasteiger partial charge is 0.352 e. The summed E-state index contributed by atoms with van der Waals surface area (Å²) in [6.45, 7) is 0.707. The van der Waals surface area contributed by atoms with Crippen LogP contribution in [0.2, 0.25) is 0 Å². The van der Waals surface area contributed by atoms with Crippen molar-refractivity contribution in [1.82, 2.24) is 9.97 Å². The van der Waals surface area contributed by atoms with Crippen LogP contribution in [0.5, 0.6) is 0 Å². The van der Waals surface area contributed by atoms with Crippen LogP contribution in [0, 0.1) is 11.3 Å². The molecule has 0 atom stereocenters. The minimum atomic E-state index is 0.687. The van der Waals surface area contributed by atoms with Gasteiger partial charge >= 0.3 is 0 Å². The van der Waals surface area contributed by atoms with Gasteiger partial charge in [-0.25, -0.2) is 4.98 Å². The summed E-state index contributed by atoms with van der Waals surface area (Å²) in [5, 5.41) is 13.2. The number of nitrogens with one attached hydrogen (secondary N) is 1. The number of nitriles is 1. The van der Waals surface area contributed by atoms with Crippen molar-refractivity contribution in [2.24, 2.45) is 5.73 Å². The molecule has 0 aliphatic heterocycles. The lowest BCUT2D eigenvalue weighted by molar-refractivity contribution is 0.748. The van der Waals surface area contributed by atoms with E-state index in [1.807, 2.05) is 29.8 Å². The number of benzene rings is 1. The Balaban J connectivity index is 2.12. The maximum absolute atomic E-state index is 9.11. The molecule has 2 heterocycles.